The molecule has 3 aromatic rings. The molecule has 1 saturated heterocycles. The average molecular weight is 472 g/mol. The van der Waals surface area contributed by atoms with Gasteiger partial charge in [0.1, 0.15) is 11.5 Å². The third kappa shape index (κ3) is 5.00. The summed E-state index contributed by atoms with van der Waals surface area (Å²) in [5.41, 5.74) is 0.0255. The molecule has 9 nitrogen and oxygen atoms in total. The fourth-order valence-corrected chi connectivity index (χ4v) is 4.88. The van der Waals surface area contributed by atoms with Crippen molar-refractivity contribution in [3.63, 3.8) is 0 Å². The summed E-state index contributed by atoms with van der Waals surface area (Å²) in [6.45, 7) is 2.07. The second-order valence-electron chi connectivity index (χ2n) is 7.63. The van der Waals surface area contributed by atoms with Crippen molar-refractivity contribution in [3.05, 3.63) is 82.5 Å². The van der Waals surface area contributed by atoms with Gasteiger partial charge in [0.2, 0.25) is 10.0 Å². The van der Waals surface area contributed by atoms with Crippen LogP contribution < -0.4 is 10.9 Å². The highest BCUT2D eigenvalue weighted by molar-refractivity contribution is 7.89. The summed E-state index contributed by atoms with van der Waals surface area (Å²) in [5, 5.41) is 6.68. The summed E-state index contributed by atoms with van der Waals surface area (Å²) in [7, 11) is -1.76. The first-order valence-electron chi connectivity index (χ1n) is 10.2. The highest BCUT2D eigenvalue weighted by Crippen LogP contribution is 2.21. The number of benzene rings is 2. The van der Waals surface area contributed by atoms with Crippen LogP contribution in [0.15, 0.2) is 70.4 Å². The number of likely N-dealkylation sites (N-methyl/N-ethyl adjacent to an activating group) is 1. The van der Waals surface area contributed by atoms with Crippen molar-refractivity contribution in [2.24, 2.45) is 0 Å². The summed E-state index contributed by atoms with van der Waals surface area (Å²) in [4.78, 5) is 27.0. The molecule has 1 aromatic heterocycles. The Kier molecular flexibility index (Phi) is 6.36. The van der Waals surface area contributed by atoms with E-state index in [1.54, 1.807) is 12.1 Å². The van der Waals surface area contributed by atoms with Gasteiger partial charge in [0.25, 0.3) is 11.5 Å². The van der Waals surface area contributed by atoms with Gasteiger partial charge >= 0.3 is 0 Å². The number of sulfonamides is 1. The first-order valence-corrected chi connectivity index (χ1v) is 11.6. The van der Waals surface area contributed by atoms with Crippen molar-refractivity contribution in [2.75, 3.05) is 38.5 Å². The number of piperazine rings is 1. The monoisotopic (exact) mass is 471 g/mol. The first kappa shape index (κ1) is 22.8. The number of halogens is 1. The second-order valence-corrected chi connectivity index (χ2v) is 9.57. The molecule has 2 heterocycles. The number of aromatic nitrogens is 2. The Morgan fingerprint density at radius 1 is 1.00 bits per heavy atom. The minimum Gasteiger partial charge on any atom is -0.321 e. The number of carbonyl (C=O) groups excluding carboxylic acids is 1. The van der Waals surface area contributed by atoms with Gasteiger partial charge in [-0.3, -0.25) is 9.59 Å². The molecule has 1 N–H and O–H groups in total. The normalized spacial score (nSPS) is 15.3. The highest BCUT2D eigenvalue weighted by Gasteiger charge is 2.27. The predicted octanol–water partition coefficient (Wildman–Crippen LogP) is 1.56. The lowest BCUT2D eigenvalue weighted by molar-refractivity contribution is 0.102. The van der Waals surface area contributed by atoms with Crippen molar-refractivity contribution in [2.45, 2.75) is 4.90 Å². The van der Waals surface area contributed by atoms with Gasteiger partial charge in [-0.25, -0.2) is 12.8 Å². The van der Waals surface area contributed by atoms with E-state index in [2.05, 4.69) is 15.3 Å². The molecule has 0 spiro atoms. The van der Waals surface area contributed by atoms with Crippen LogP contribution in [0.3, 0.4) is 0 Å². The molecule has 1 fully saturated rings. The highest BCUT2D eigenvalue weighted by atomic mass is 32.2. The molecule has 0 aliphatic carbocycles. The van der Waals surface area contributed by atoms with Gasteiger partial charge in [0.15, 0.2) is 0 Å². The number of carbonyl (C=O) groups is 1. The molecule has 11 heteroatoms. The van der Waals surface area contributed by atoms with Crippen LogP contribution in [0.2, 0.25) is 0 Å². The van der Waals surface area contributed by atoms with E-state index in [0.717, 1.165) is 4.68 Å². The van der Waals surface area contributed by atoms with Crippen molar-refractivity contribution >= 4 is 21.6 Å². The molecular formula is C22H22FN5O4S. The van der Waals surface area contributed by atoms with E-state index in [9.17, 15) is 22.4 Å². The quantitative estimate of drug-likeness (QED) is 0.606. The zero-order valence-corrected chi connectivity index (χ0v) is 18.6. The fraction of sp³-hybridized carbons (Fsp3) is 0.227. The molecule has 0 unspecified atom stereocenters. The van der Waals surface area contributed by atoms with Crippen LogP contribution >= 0.6 is 0 Å². The Labute approximate surface area is 190 Å². The Morgan fingerprint density at radius 2 is 1.70 bits per heavy atom. The third-order valence-corrected chi connectivity index (χ3v) is 7.19. The predicted molar refractivity (Wildman–Crippen MR) is 120 cm³/mol. The van der Waals surface area contributed by atoms with Crippen LogP contribution in [0.1, 0.15) is 10.5 Å². The maximum absolute atomic E-state index is 13.2. The van der Waals surface area contributed by atoms with E-state index < -0.39 is 27.3 Å². The molecule has 1 aliphatic heterocycles. The summed E-state index contributed by atoms with van der Waals surface area (Å²) < 4.78 is 41.6. The topological polar surface area (TPSA) is 105 Å². The lowest BCUT2D eigenvalue weighted by atomic mass is 10.3. The molecule has 2 aromatic carbocycles. The van der Waals surface area contributed by atoms with E-state index >= 15 is 0 Å². The van der Waals surface area contributed by atoms with Gasteiger partial charge in [-0.05, 0) is 55.6 Å². The van der Waals surface area contributed by atoms with E-state index in [4.69, 9.17) is 0 Å². The van der Waals surface area contributed by atoms with Crippen molar-refractivity contribution in [3.8, 4) is 5.69 Å². The molecule has 0 saturated carbocycles. The zero-order valence-electron chi connectivity index (χ0n) is 17.8. The SMILES string of the molecule is CN1CCN(S(=O)(=O)c2cccc(NC(=O)c3ccc(=O)n(-c4ccc(F)cc4)n3)c2)CC1. The minimum atomic E-state index is -3.70. The average Bonchev–Trinajstić information content (AvgIpc) is 2.80. The Bertz CT molecular complexity index is 1330. The Balaban J connectivity index is 1.55. The van der Waals surface area contributed by atoms with Gasteiger partial charge in [-0.1, -0.05) is 6.07 Å². The van der Waals surface area contributed by atoms with E-state index in [-0.39, 0.29) is 16.3 Å². The lowest BCUT2D eigenvalue weighted by Gasteiger charge is -2.31. The summed E-state index contributed by atoms with van der Waals surface area (Å²) in [6.07, 6.45) is 0. The number of nitrogens with one attached hydrogen (secondary N) is 1. The van der Waals surface area contributed by atoms with E-state index in [1.807, 2.05) is 7.05 Å². The summed E-state index contributed by atoms with van der Waals surface area (Å²) >= 11 is 0. The molecule has 1 aliphatic rings. The van der Waals surface area contributed by atoms with Gasteiger partial charge in [0, 0.05) is 37.9 Å². The van der Waals surface area contributed by atoms with Gasteiger partial charge < -0.3 is 10.2 Å². The van der Waals surface area contributed by atoms with Crippen LogP contribution in [-0.2, 0) is 10.0 Å². The lowest BCUT2D eigenvalue weighted by Crippen LogP contribution is -2.47. The van der Waals surface area contributed by atoms with Crippen molar-refractivity contribution < 1.29 is 17.6 Å². The molecule has 172 valence electrons. The standard InChI is InChI=1S/C22H22FN5O4S/c1-26-11-13-27(14-12-26)33(31,32)19-4-2-3-17(15-19)24-22(30)20-9-10-21(29)28(25-20)18-7-5-16(23)6-8-18/h2-10,15H,11-14H2,1H3,(H,24,30). The van der Waals surface area contributed by atoms with Gasteiger partial charge in [-0.15, -0.1) is 0 Å². The first-order chi connectivity index (χ1) is 15.7. The zero-order chi connectivity index (χ0) is 23.6. The number of rotatable bonds is 5. The number of hydrogen-bond donors (Lipinski definition) is 1. The van der Waals surface area contributed by atoms with Crippen LogP contribution in [0.5, 0.6) is 0 Å². The molecule has 4 rings (SSSR count). The molecule has 1 amide bonds. The summed E-state index contributed by atoms with van der Waals surface area (Å²) in [5.74, 6) is -1.09. The van der Waals surface area contributed by atoms with Crippen molar-refractivity contribution in [1.82, 2.24) is 19.0 Å². The van der Waals surface area contributed by atoms with Crippen LogP contribution in [0, 0.1) is 5.82 Å². The van der Waals surface area contributed by atoms with Crippen LogP contribution in [-0.4, -0.2) is 66.5 Å². The van der Waals surface area contributed by atoms with Crippen LogP contribution in [0.25, 0.3) is 5.69 Å². The summed E-state index contributed by atoms with van der Waals surface area (Å²) in [6, 6.07) is 13.5. The maximum atomic E-state index is 13.2. The Morgan fingerprint density at radius 3 is 2.39 bits per heavy atom. The molecule has 33 heavy (non-hydrogen) atoms. The number of amides is 1. The Hall–Kier alpha value is -3.41. The van der Waals surface area contributed by atoms with Gasteiger partial charge in [0.05, 0.1) is 10.6 Å². The second kappa shape index (κ2) is 9.22. The van der Waals surface area contributed by atoms with Gasteiger partial charge in [-0.2, -0.15) is 14.1 Å². The maximum Gasteiger partial charge on any atom is 0.276 e. The molecule has 0 atom stereocenters. The molecular weight excluding hydrogens is 449 g/mol. The molecule has 0 radical (unpaired) electrons. The fourth-order valence-electron chi connectivity index (χ4n) is 3.41. The third-order valence-electron chi connectivity index (χ3n) is 5.30. The van der Waals surface area contributed by atoms with E-state index in [1.165, 1.54) is 52.8 Å². The number of anilines is 1. The number of hydrogen-bond acceptors (Lipinski definition) is 6. The smallest absolute Gasteiger partial charge is 0.276 e. The van der Waals surface area contributed by atoms with Crippen molar-refractivity contribution in [1.29, 1.82) is 0 Å². The van der Waals surface area contributed by atoms with Crippen LogP contribution in [0.4, 0.5) is 10.1 Å². The number of nitrogens with zero attached hydrogens (tertiary/aromatic N) is 4. The molecule has 0 bridgehead atoms. The minimum absolute atomic E-state index is 0.0637. The van der Waals surface area contributed by atoms with E-state index in [0.29, 0.717) is 31.9 Å². The largest absolute Gasteiger partial charge is 0.321 e.